The number of nitrogens with zero attached hydrogens (tertiary/aromatic N) is 2. The molecule has 2 heterocycles. The van der Waals surface area contributed by atoms with Gasteiger partial charge in [-0.15, -0.1) is 0 Å². The molecule has 2 N–H and O–H groups in total. The first kappa shape index (κ1) is 33.1. The number of aromatic nitrogens is 2. The maximum Gasteiger partial charge on any atom is 0.269 e. The highest BCUT2D eigenvalue weighted by atomic mass is 31.2. The summed E-state index contributed by atoms with van der Waals surface area (Å²) >= 11 is 0. The molecule has 0 bridgehead atoms. The second-order valence-corrected chi connectivity index (χ2v) is 12.1. The van der Waals surface area contributed by atoms with Gasteiger partial charge in [0, 0.05) is 25.0 Å². The van der Waals surface area contributed by atoms with E-state index in [2.05, 4.69) is 9.05 Å². The molecule has 0 aliphatic heterocycles. The highest BCUT2D eigenvalue weighted by Crippen LogP contribution is 2.39. The topological polar surface area (TPSA) is 236 Å². The molecule has 0 amide bonds. The predicted octanol–water partition coefficient (Wildman–Crippen LogP) is -1.09. The molecule has 3 rings (SSSR count). The highest BCUT2D eigenvalue weighted by molar-refractivity contribution is 7.46. The molecule has 0 aliphatic carbocycles. The van der Waals surface area contributed by atoms with Crippen molar-refractivity contribution >= 4 is 37.2 Å². The molecule has 0 aliphatic rings. The summed E-state index contributed by atoms with van der Waals surface area (Å²) in [5, 5.41) is 17.3. The highest BCUT2D eigenvalue weighted by Gasteiger charge is 2.22. The standard InChI is InChI=1S/C23H32N2O14P2/c1-3-14(9-26)11-37-40(32,33)36-6-5-24-20(28)16-7-18-19(8-17(16)21(24)29)23(31)25(22(18)30)13-39-41(34,35)38-12-15(4-2)10-27/h7-8,14-15,26-27H,3-6,9-13H2,1-2H3,(H,32,33)(H,34,35)/p-2. The van der Waals surface area contributed by atoms with E-state index in [1.807, 2.05) is 0 Å². The van der Waals surface area contributed by atoms with Crippen LogP contribution in [0.1, 0.15) is 26.7 Å². The van der Waals surface area contributed by atoms with Gasteiger partial charge < -0.3 is 33.6 Å². The average Bonchev–Trinajstić information content (AvgIpc) is 3.31. The zero-order valence-electron chi connectivity index (χ0n) is 22.3. The Hall–Kier alpha value is -2.36. The largest absolute Gasteiger partial charge is 0.756 e. The van der Waals surface area contributed by atoms with Crippen molar-refractivity contribution in [1.82, 2.24) is 9.13 Å². The van der Waals surface area contributed by atoms with Gasteiger partial charge in [-0.25, -0.2) is 4.57 Å². The van der Waals surface area contributed by atoms with Gasteiger partial charge in [0.05, 0.1) is 47.9 Å². The van der Waals surface area contributed by atoms with Crippen LogP contribution in [0.2, 0.25) is 0 Å². The summed E-state index contributed by atoms with van der Waals surface area (Å²) in [6.07, 6.45) is 0.893. The summed E-state index contributed by atoms with van der Waals surface area (Å²) in [5.41, 5.74) is -3.69. The van der Waals surface area contributed by atoms with Gasteiger partial charge >= 0.3 is 0 Å². The fraction of sp³-hybridized carbons (Fsp3) is 0.565. The third-order valence-corrected chi connectivity index (χ3v) is 8.44. The van der Waals surface area contributed by atoms with Crippen LogP contribution in [-0.2, 0) is 40.5 Å². The lowest BCUT2D eigenvalue weighted by atomic mass is 10.1. The van der Waals surface area contributed by atoms with Crippen molar-refractivity contribution in [2.24, 2.45) is 11.8 Å². The molecule has 2 aromatic heterocycles. The Bertz CT molecular complexity index is 1580. The molecule has 41 heavy (non-hydrogen) atoms. The second-order valence-electron chi connectivity index (χ2n) is 9.23. The van der Waals surface area contributed by atoms with Gasteiger partial charge in [0.25, 0.3) is 37.9 Å². The van der Waals surface area contributed by atoms with Crippen LogP contribution in [0.4, 0.5) is 0 Å². The number of aliphatic hydroxyl groups is 2. The molecule has 16 nitrogen and oxygen atoms in total. The van der Waals surface area contributed by atoms with E-state index in [9.17, 15) is 38.1 Å². The van der Waals surface area contributed by atoms with Gasteiger partial charge in [0.1, 0.15) is 6.73 Å². The number of phosphoric ester groups is 2. The molecule has 228 valence electrons. The lowest BCUT2D eigenvalue weighted by molar-refractivity contribution is -0.230. The minimum atomic E-state index is -4.95. The third kappa shape index (κ3) is 7.73. The van der Waals surface area contributed by atoms with Crippen LogP contribution in [0.3, 0.4) is 0 Å². The molecule has 4 unspecified atom stereocenters. The van der Waals surface area contributed by atoms with Crippen molar-refractivity contribution in [3.63, 3.8) is 0 Å². The molecule has 0 saturated carbocycles. The van der Waals surface area contributed by atoms with Crippen molar-refractivity contribution in [2.75, 3.05) is 33.0 Å². The van der Waals surface area contributed by atoms with Gasteiger partial charge in [0.15, 0.2) is 0 Å². The quantitative estimate of drug-likeness (QED) is 0.171. The van der Waals surface area contributed by atoms with E-state index in [-0.39, 0.29) is 48.0 Å². The molecule has 0 fully saturated rings. The van der Waals surface area contributed by atoms with Crippen LogP contribution in [0.5, 0.6) is 0 Å². The Morgan fingerprint density at radius 1 is 0.707 bits per heavy atom. The summed E-state index contributed by atoms with van der Waals surface area (Å²) in [6, 6.07) is 2.04. The molecule has 18 heteroatoms. The fourth-order valence-corrected chi connectivity index (χ4v) is 5.33. The van der Waals surface area contributed by atoms with Crippen molar-refractivity contribution < 1.29 is 47.2 Å². The van der Waals surface area contributed by atoms with Crippen LogP contribution >= 0.6 is 15.6 Å². The molecule has 0 spiro atoms. The van der Waals surface area contributed by atoms with Gasteiger partial charge in [-0.05, 0) is 25.0 Å². The third-order valence-electron chi connectivity index (χ3n) is 6.58. The Kier molecular flexibility index (Phi) is 11.1. The fourth-order valence-electron chi connectivity index (χ4n) is 3.83. The van der Waals surface area contributed by atoms with Gasteiger partial charge in [-0.3, -0.25) is 37.4 Å². The molecule has 0 saturated heterocycles. The first-order valence-corrected chi connectivity index (χ1v) is 15.5. The molecule has 3 aromatic rings. The molecular weight excluding hydrogens is 590 g/mol. The Labute approximate surface area is 232 Å². The Balaban J connectivity index is 1.79. The number of hydrogen-bond donors (Lipinski definition) is 2. The minimum Gasteiger partial charge on any atom is -0.756 e. The van der Waals surface area contributed by atoms with Crippen LogP contribution in [0.25, 0.3) is 21.5 Å². The summed E-state index contributed by atoms with van der Waals surface area (Å²) in [7, 11) is -9.74. The van der Waals surface area contributed by atoms with Gasteiger partial charge in [-0.2, -0.15) is 0 Å². The second kappa shape index (κ2) is 13.7. The van der Waals surface area contributed by atoms with Crippen LogP contribution in [0.15, 0.2) is 31.3 Å². The first-order chi connectivity index (χ1) is 19.3. The predicted molar refractivity (Wildman–Crippen MR) is 141 cm³/mol. The van der Waals surface area contributed by atoms with Crippen molar-refractivity contribution in [3.8, 4) is 0 Å². The zero-order valence-corrected chi connectivity index (χ0v) is 24.0. The van der Waals surface area contributed by atoms with Gasteiger partial charge in [-0.1, -0.05) is 13.8 Å². The minimum absolute atomic E-state index is 0.222. The van der Waals surface area contributed by atoms with E-state index < -0.39 is 69.6 Å². The number of phosphoric acid groups is 2. The molecule has 1 aromatic carbocycles. The van der Waals surface area contributed by atoms with Crippen molar-refractivity contribution in [1.29, 1.82) is 0 Å². The molecule has 0 radical (unpaired) electrons. The summed E-state index contributed by atoms with van der Waals surface area (Å²) in [5.74, 6) is -0.886. The van der Waals surface area contributed by atoms with Crippen molar-refractivity contribution in [3.05, 3.63) is 53.5 Å². The van der Waals surface area contributed by atoms with E-state index in [0.29, 0.717) is 22.0 Å². The smallest absolute Gasteiger partial charge is 0.269 e. The lowest BCUT2D eigenvalue weighted by Gasteiger charge is -2.24. The van der Waals surface area contributed by atoms with Crippen LogP contribution < -0.4 is 32.0 Å². The van der Waals surface area contributed by atoms with E-state index in [1.165, 1.54) is 0 Å². The summed E-state index contributed by atoms with van der Waals surface area (Å²) in [4.78, 5) is 75.3. The van der Waals surface area contributed by atoms with E-state index >= 15 is 0 Å². The maximum absolute atomic E-state index is 12.9. The normalized spacial score (nSPS) is 16.6. The lowest BCUT2D eigenvalue weighted by Crippen LogP contribution is -2.28. The molecule has 4 atom stereocenters. The average molecular weight is 620 g/mol. The number of hydrogen-bond acceptors (Lipinski definition) is 14. The summed E-state index contributed by atoms with van der Waals surface area (Å²) in [6.45, 7) is 0.0325. The number of rotatable bonds is 17. The van der Waals surface area contributed by atoms with Crippen LogP contribution in [-0.4, -0.2) is 52.4 Å². The van der Waals surface area contributed by atoms with E-state index in [4.69, 9.17) is 19.3 Å². The molecular formula is C23H30N2O14P2-2. The number of aliphatic hydroxyl groups excluding tert-OH is 2. The Morgan fingerprint density at radius 3 is 1.49 bits per heavy atom. The van der Waals surface area contributed by atoms with Crippen LogP contribution in [0, 0.1) is 11.8 Å². The maximum atomic E-state index is 12.9. The van der Waals surface area contributed by atoms with E-state index in [1.54, 1.807) is 13.8 Å². The zero-order chi connectivity index (χ0) is 30.5. The monoisotopic (exact) mass is 620 g/mol. The Morgan fingerprint density at radius 2 is 1.10 bits per heavy atom. The SMILES string of the molecule is CCC(CO)COP(=O)([O-])OCCn1c(=O)c2cc3c(=O)n(COP(=O)([O-])OCC(CC)CO)c(=O)c3cc2c1=O. The summed E-state index contributed by atoms with van der Waals surface area (Å²) < 4.78 is 43.8. The van der Waals surface area contributed by atoms with Crippen molar-refractivity contribution in [2.45, 2.75) is 40.0 Å². The first-order valence-electron chi connectivity index (χ1n) is 12.6. The van der Waals surface area contributed by atoms with Gasteiger partial charge in [0.2, 0.25) is 0 Å². The number of fused-ring (bicyclic) bond motifs is 2. The van der Waals surface area contributed by atoms with E-state index in [0.717, 1.165) is 12.1 Å². The number of benzene rings is 1.